The number of carbonyl (C=O) groups excluding carboxylic acids is 1. The Hall–Kier alpha value is -2.35. The van der Waals surface area contributed by atoms with Crippen LogP contribution in [-0.2, 0) is 4.79 Å². The number of halogens is 1. The molecule has 1 aliphatic heterocycles. The highest BCUT2D eigenvalue weighted by atomic mass is 19.1. The fourth-order valence-electron chi connectivity index (χ4n) is 2.71. The van der Waals surface area contributed by atoms with Crippen LogP contribution in [0.4, 0.5) is 10.1 Å². The molecule has 0 aromatic heterocycles. The molecule has 0 bridgehead atoms. The van der Waals surface area contributed by atoms with E-state index in [0.717, 1.165) is 19.3 Å². The second kappa shape index (κ2) is 7.08. The van der Waals surface area contributed by atoms with Crippen molar-refractivity contribution in [3.05, 3.63) is 41.9 Å². The summed E-state index contributed by atoms with van der Waals surface area (Å²) in [6, 6.07) is 8.04. The zero-order chi connectivity index (χ0) is 16.1. The maximum Gasteiger partial charge on any atom is 0.267 e. The zero-order valence-corrected chi connectivity index (χ0v) is 12.8. The molecule has 0 radical (unpaired) electrons. The zero-order valence-electron chi connectivity index (χ0n) is 12.8. The molecule has 22 heavy (non-hydrogen) atoms. The molecule has 0 spiro atoms. The molecule has 116 valence electrons. The Balaban J connectivity index is 2.13. The largest absolute Gasteiger partial charge is 0.371 e. The lowest BCUT2D eigenvalue weighted by molar-refractivity contribution is -0.112. The smallest absolute Gasteiger partial charge is 0.267 e. The molecule has 1 amide bonds. The fourth-order valence-corrected chi connectivity index (χ4v) is 2.71. The molecule has 1 aromatic carbocycles. The predicted molar refractivity (Wildman–Crippen MR) is 83.3 cm³/mol. The van der Waals surface area contributed by atoms with Gasteiger partial charge in [-0.1, -0.05) is 0 Å². The number of likely N-dealkylation sites (tertiary alicyclic amines) is 1. The molecule has 2 rings (SSSR count). The van der Waals surface area contributed by atoms with E-state index in [9.17, 15) is 14.4 Å². The maximum atomic E-state index is 12.9. The average molecular weight is 301 g/mol. The number of anilines is 1. The van der Waals surface area contributed by atoms with Crippen LogP contribution in [0.5, 0.6) is 0 Å². The van der Waals surface area contributed by atoms with Crippen molar-refractivity contribution in [3.63, 3.8) is 0 Å². The molecule has 1 aliphatic rings. The Bertz CT molecular complexity index is 593. The highest BCUT2D eigenvalue weighted by molar-refractivity contribution is 6.06. The third kappa shape index (κ3) is 3.85. The fraction of sp³-hybridized carbons (Fsp3) is 0.412. The molecule has 2 unspecified atom stereocenters. The number of rotatable bonds is 3. The van der Waals surface area contributed by atoms with Crippen molar-refractivity contribution in [3.8, 4) is 6.07 Å². The minimum absolute atomic E-state index is 0.0601. The van der Waals surface area contributed by atoms with E-state index in [-0.39, 0.29) is 11.4 Å². The van der Waals surface area contributed by atoms with E-state index in [4.69, 9.17) is 0 Å². The highest BCUT2D eigenvalue weighted by Gasteiger charge is 2.23. The lowest BCUT2D eigenvalue weighted by atomic mass is 9.98. The number of carbonyl (C=O) groups is 1. The summed E-state index contributed by atoms with van der Waals surface area (Å²) in [4.78, 5) is 14.3. The van der Waals surface area contributed by atoms with E-state index >= 15 is 0 Å². The molecule has 5 heteroatoms. The molecule has 1 fully saturated rings. The lowest BCUT2D eigenvalue weighted by Gasteiger charge is -2.38. The van der Waals surface area contributed by atoms with Gasteiger partial charge in [-0.3, -0.25) is 4.79 Å². The van der Waals surface area contributed by atoms with Crippen LogP contribution < -0.4 is 5.32 Å². The first-order valence-electron chi connectivity index (χ1n) is 7.47. The van der Waals surface area contributed by atoms with Gasteiger partial charge in [0.25, 0.3) is 5.91 Å². The molecule has 1 heterocycles. The third-order valence-corrected chi connectivity index (χ3v) is 4.01. The number of nitriles is 1. The minimum Gasteiger partial charge on any atom is -0.371 e. The topological polar surface area (TPSA) is 56.1 Å². The van der Waals surface area contributed by atoms with Gasteiger partial charge in [-0.25, -0.2) is 4.39 Å². The van der Waals surface area contributed by atoms with Gasteiger partial charge in [-0.15, -0.1) is 0 Å². The quantitative estimate of drug-likeness (QED) is 0.687. The number of benzene rings is 1. The van der Waals surface area contributed by atoms with Crippen molar-refractivity contribution in [1.29, 1.82) is 5.26 Å². The molecule has 4 nitrogen and oxygen atoms in total. The first-order valence-corrected chi connectivity index (χ1v) is 7.47. The second-order valence-electron chi connectivity index (χ2n) is 5.69. The van der Waals surface area contributed by atoms with Crippen LogP contribution >= 0.6 is 0 Å². The molecule has 1 N–H and O–H groups in total. The minimum atomic E-state index is -0.473. The highest BCUT2D eigenvalue weighted by Crippen LogP contribution is 2.23. The number of amides is 1. The van der Waals surface area contributed by atoms with E-state index in [1.807, 2.05) is 6.07 Å². The van der Waals surface area contributed by atoms with Crippen molar-refractivity contribution >= 4 is 11.6 Å². The monoisotopic (exact) mass is 301 g/mol. The van der Waals surface area contributed by atoms with Gasteiger partial charge in [-0.2, -0.15) is 5.26 Å². The Morgan fingerprint density at radius 1 is 1.32 bits per heavy atom. The number of hydrogen-bond acceptors (Lipinski definition) is 3. The Morgan fingerprint density at radius 3 is 2.45 bits per heavy atom. The van der Waals surface area contributed by atoms with Crippen LogP contribution in [0.15, 0.2) is 36.0 Å². The van der Waals surface area contributed by atoms with E-state index < -0.39 is 5.91 Å². The van der Waals surface area contributed by atoms with E-state index in [1.54, 1.807) is 6.20 Å². The Morgan fingerprint density at radius 2 is 1.91 bits per heavy atom. The van der Waals surface area contributed by atoms with Crippen molar-refractivity contribution < 1.29 is 9.18 Å². The van der Waals surface area contributed by atoms with Crippen LogP contribution in [0.3, 0.4) is 0 Å². The average Bonchev–Trinajstić information content (AvgIpc) is 2.49. The molecular formula is C17H20FN3O. The standard InChI is InChI=1S/C17H20FN3O/c1-12-4-3-5-13(2)21(12)11-14(10-19)17(22)20-16-8-6-15(18)7-9-16/h6-9,11-13H,3-5H2,1-2H3,(H,20,22)/b14-11-. The van der Waals surface area contributed by atoms with Crippen LogP contribution in [0.25, 0.3) is 0 Å². The van der Waals surface area contributed by atoms with E-state index in [1.165, 1.54) is 24.3 Å². The van der Waals surface area contributed by atoms with Gasteiger partial charge in [0.2, 0.25) is 0 Å². The van der Waals surface area contributed by atoms with Crippen LogP contribution in [0.1, 0.15) is 33.1 Å². The first kappa shape index (κ1) is 16.0. The molecule has 0 aliphatic carbocycles. The number of hydrogen-bond donors (Lipinski definition) is 1. The van der Waals surface area contributed by atoms with Gasteiger partial charge in [0, 0.05) is 24.0 Å². The van der Waals surface area contributed by atoms with Gasteiger partial charge < -0.3 is 10.2 Å². The third-order valence-electron chi connectivity index (χ3n) is 4.01. The Kier molecular flexibility index (Phi) is 5.16. The summed E-state index contributed by atoms with van der Waals surface area (Å²) < 4.78 is 12.9. The molecule has 1 saturated heterocycles. The number of nitrogens with one attached hydrogen (secondary N) is 1. The van der Waals surface area contributed by atoms with Crippen LogP contribution in [0.2, 0.25) is 0 Å². The van der Waals surface area contributed by atoms with E-state index in [2.05, 4.69) is 24.1 Å². The van der Waals surface area contributed by atoms with Crippen molar-refractivity contribution in [2.24, 2.45) is 0 Å². The molecule has 2 atom stereocenters. The van der Waals surface area contributed by atoms with Gasteiger partial charge in [0.15, 0.2) is 0 Å². The summed E-state index contributed by atoms with van der Waals surface area (Å²) in [7, 11) is 0. The van der Waals surface area contributed by atoms with Gasteiger partial charge in [0.1, 0.15) is 17.5 Å². The first-order chi connectivity index (χ1) is 10.5. The van der Waals surface area contributed by atoms with Crippen molar-refractivity contribution in [2.75, 3.05) is 5.32 Å². The van der Waals surface area contributed by atoms with Crippen LogP contribution in [-0.4, -0.2) is 22.9 Å². The number of piperidine rings is 1. The summed E-state index contributed by atoms with van der Waals surface area (Å²) in [6.07, 6.45) is 4.92. The molecule has 1 aromatic rings. The van der Waals surface area contributed by atoms with Crippen molar-refractivity contribution in [1.82, 2.24) is 4.90 Å². The van der Waals surface area contributed by atoms with Crippen LogP contribution in [0, 0.1) is 17.1 Å². The second-order valence-corrected chi connectivity index (χ2v) is 5.69. The molecular weight excluding hydrogens is 281 g/mol. The van der Waals surface area contributed by atoms with Gasteiger partial charge >= 0.3 is 0 Å². The maximum absolute atomic E-state index is 12.9. The van der Waals surface area contributed by atoms with Gasteiger partial charge in [-0.05, 0) is 57.4 Å². The summed E-state index contributed by atoms with van der Waals surface area (Å²) in [5, 5.41) is 11.9. The summed E-state index contributed by atoms with van der Waals surface area (Å²) in [5.41, 5.74) is 0.525. The lowest BCUT2D eigenvalue weighted by Crippen LogP contribution is -2.40. The summed E-state index contributed by atoms with van der Waals surface area (Å²) in [6.45, 7) is 4.19. The SMILES string of the molecule is CC1CCCC(C)N1/C=C(/C#N)C(=O)Nc1ccc(F)cc1. The molecule has 0 saturated carbocycles. The van der Waals surface area contributed by atoms with E-state index in [0.29, 0.717) is 17.8 Å². The Labute approximate surface area is 130 Å². The number of nitrogens with zero attached hydrogens (tertiary/aromatic N) is 2. The summed E-state index contributed by atoms with van der Waals surface area (Å²) in [5.74, 6) is -0.843. The van der Waals surface area contributed by atoms with Gasteiger partial charge in [0.05, 0.1) is 0 Å². The van der Waals surface area contributed by atoms with Crippen molar-refractivity contribution in [2.45, 2.75) is 45.2 Å². The predicted octanol–water partition coefficient (Wildman–Crippen LogP) is 3.43. The summed E-state index contributed by atoms with van der Waals surface area (Å²) >= 11 is 0. The normalized spacial score (nSPS) is 22.1.